The average molecular weight is 226 g/mol. The zero-order valence-electron chi connectivity index (χ0n) is 7.23. The van der Waals surface area contributed by atoms with Crippen molar-refractivity contribution in [2.45, 2.75) is 12.8 Å². The molecule has 0 N–H and O–H groups in total. The van der Waals surface area contributed by atoms with Gasteiger partial charge in [-0.2, -0.15) is 13.2 Å². The topological polar surface area (TPSA) is 22.1 Å². The Labute approximate surface area is 83.7 Å². The van der Waals surface area contributed by atoms with Crippen molar-refractivity contribution < 1.29 is 17.9 Å². The van der Waals surface area contributed by atoms with Crippen molar-refractivity contribution in [3.05, 3.63) is 28.5 Å². The fraction of sp³-hybridized carbons (Fsp3) is 0.375. The smallest absolute Gasteiger partial charge is 0.380 e. The Bertz CT molecular complexity index is 327. The van der Waals surface area contributed by atoms with E-state index in [0.717, 1.165) is 6.07 Å². The third-order valence-corrected chi connectivity index (χ3v) is 1.65. The van der Waals surface area contributed by atoms with Crippen molar-refractivity contribution in [3.63, 3.8) is 0 Å². The molecule has 0 aliphatic heterocycles. The van der Waals surface area contributed by atoms with E-state index in [1.807, 2.05) is 0 Å². The van der Waals surface area contributed by atoms with Gasteiger partial charge in [-0.05, 0) is 17.7 Å². The molecule has 0 saturated carbocycles. The van der Waals surface area contributed by atoms with E-state index in [1.165, 1.54) is 13.2 Å². The first-order chi connectivity index (χ1) is 6.43. The second-order valence-corrected chi connectivity index (χ2v) is 3.00. The fourth-order valence-electron chi connectivity index (χ4n) is 0.945. The van der Waals surface area contributed by atoms with Crippen LogP contribution in [0.1, 0.15) is 11.3 Å². The molecule has 0 atom stereocenters. The third kappa shape index (κ3) is 2.85. The molecule has 0 unspecified atom stereocenters. The van der Waals surface area contributed by atoms with Gasteiger partial charge < -0.3 is 4.74 Å². The maximum absolute atomic E-state index is 12.2. The van der Waals surface area contributed by atoms with Crippen molar-refractivity contribution in [2.24, 2.45) is 0 Å². The van der Waals surface area contributed by atoms with Crippen LogP contribution in [-0.4, -0.2) is 12.1 Å². The highest BCUT2D eigenvalue weighted by Crippen LogP contribution is 2.29. The van der Waals surface area contributed by atoms with Crippen molar-refractivity contribution >= 4 is 11.6 Å². The Kier molecular flexibility index (Phi) is 3.34. The molecule has 0 aliphatic rings. The number of rotatable bonds is 2. The molecule has 0 spiro atoms. The lowest BCUT2D eigenvalue weighted by atomic mass is 10.2. The number of nitrogens with zero attached hydrogens (tertiary/aromatic N) is 1. The lowest BCUT2D eigenvalue weighted by molar-refractivity contribution is -0.141. The van der Waals surface area contributed by atoms with Crippen LogP contribution in [0.15, 0.2) is 12.1 Å². The molecule has 0 radical (unpaired) electrons. The standard InChI is InChI=1S/C8H7ClF3NO/c1-14-4-5-2-6(8(10,11)12)13-7(9)3-5/h2-3H,4H2,1H3. The molecule has 1 aromatic heterocycles. The number of hydrogen-bond donors (Lipinski definition) is 0. The van der Waals surface area contributed by atoms with E-state index < -0.39 is 11.9 Å². The van der Waals surface area contributed by atoms with Crippen molar-refractivity contribution in [1.29, 1.82) is 0 Å². The molecule has 0 amide bonds. The quantitative estimate of drug-likeness (QED) is 0.722. The predicted molar refractivity (Wildman–Crippen MR) is 45.0 cm³/mol. The predicted octanol–water partition coefficient (Wildman–Crippen LogP) is 2.90. The lowest BCUT2D eigenvalue weighted by Crippen LogP contribution is -2.09. The Balaban J connectivity index is 3.07. The van der Waals surface area contributed by atoms with Crippen LogP contribution in [0.3, 0.4) is 0 Å². The highest BCUT2D eigenvalue weighted by Gasteiger charge is 2.33. The minimum absolute atomic E-state index is 0.0747. The number of halogens is 4. The van der Waals surface area contributed by atoms with E-state index in [9.17, 15) is 13.2 Å². The summed E-state index contributed by atoms with van der Waals surface area (Å²) in [6.45, 7) is 0.0747. The molecule has 0 saturated heterocycles. The van der Waals surface area contributed by atoms with Crippen molar-refractivity contribution in [2.75, 3.05) is 7.11 Å². The Morgan fingerprint density at radius 3 is 2.57 bits per heavy atom. The van der Waals surface area contributed by atoms with Gasteiger partial charge in [-0.25, -0.2) is 4.98 Å². The van der Waals surface area contributed by atoms with Gasteiger partial charge in [-0.15, -0.1) is 0 Å². The highest BCUT2D eigenvalue weighted by atomic mass is 35.5. The number of ether oxygens (including phenoxy) is 1. The van der Waals surface area contributed by atoms with Crippen LogP contribution in [-0.2, 0) is 17.5 Å². The molecule has 0 aliphatic carbocycles. The van der Waals surface area contributed by atoms with E-state index in [-0.39, 0.29) is 11.8 Å². The minimum atomic E-state index is -4.48. The van der Waals surface area contributed by atoms with E-state index in [1.54, 1.807) is 0 Å². The maximum atomic E-state index is 12.2. The molecular formula is C8H7ClF3NO. The summed E-state index contributed by atoms with van der Waals surface area (Å²) in [6.07, 6.45) is -4.48. The summed E-state index contributed by atoms with van der Waals surface area (Å²) in [4.78, 5) is 3.17. The third-order valence-electron chi connectivity index (χ3n) is 1.46. The highest BCUT2D eigenvalue weighted by molar-refractivity contribution is 6.29. The summed E-state index contributed by atoms with van der Waals surface area (Å²) >= 11 is 5.43. The van der Waals surface area contributed by atoms with Crippen LogP contribution in [0.4, 0.5) is 13.2 Å². The molecule has 78 valence electrons. The van der Waals surface area contributed by atoms with Gasteiger partial charge in [0.05, 0.1) is 6.61 Å². The molecule has 2 nitrogen and oxygen atoms in total. The summed E-state index contributed by atoms with van der Waals surface area (Å²) in [6, 6.07) is 2.25. The summed E-state index contributed by atoms with van der Waals surface area (Å²) < 4.78 is 41.4. The zero-order valence-corrected chi connectivity index (χ0v) is 7.99. The van der Waals surface area contributed by atoms with Crippen LogP contribution >= 0.6 is 11.6 Å². The van der Waals surface area contributed by atoms with Gasteiger partial charge in [0.15, 0.2) is 0 Å². The van der Waals surface area contributed by atoms with Crippen molar-refractivity contribution in [1.82, 2.24) is 4.98 Å². The summed E-state index contributed by atoms with van der Waals surface area (Å²) in [7, 11) is 1.39. The minimum Gasteiger partial charge on any atom is -0.380 e. The van der Waals surface area contributed by atoms with E-state index in [2.05, 4.69) is 4.98 Å². The average Bonchev–Trinajstić information content (AvgIpc) is 2.02. The van der Waals surface area contributed by atoms with E-state index in [4.69, 9.17) is 16.3 Å². The first-order valence-electron chi connectivity index (χ1n) is 3.66. The molecule has 0 aromatic carbocycles. The fourth-order valence-corrected chi connectivity index (χ4v) is 1.18. The second-order valence-electron chi connectivity index (χ2n) is 2.61. The molecule has 0 fully saturated rings. The van der Waals surface area contributed by atoms with Crippen LogP contribution in [0.5, 0.6) is 0 Å². The van der Waals surface area contributed by atoms with Gasteiger partial charge in [0, 0.05) is 7.11 Å². The van der Waals surface area contributed by atoms with Gasteiger partial charge >= 0.3 is 6.18 Å². The van der Waals surface area contributed by atoms with Crippen LogP contribution < -0.4 is 0 Å². The summed E-state index contributed by atoms with van der Waals surface area (Å²) in [5.74, 6) is 0. The lowest BCUT2D eigenvalue weighted by Gasteiger charge is -2.08. The molecule has 0 bridgehead atoms. The SMILES string of the molecule is COCc1cc(Cl)nc(C(F)(F)F)c1. The summed E-state index contributed by atoms with van der Waals surface area (Å²) in [5.41, 5.74) is -0.656. The van der Waals surface area contributed by atoms with Crippen molar-refractivity contribution in [3.8, 4) is 0 Å². The maximum Gasteiger partial charge on any atom is 0.433 e. The number of pyridine rings is 1. The number of methoxy groups -OCH3 is 1. The van der Waals surface area contributed by atoms with E-state index >= 15 is 0 Å². The molecule has 1 heterocycles. The van der Waals surface area contributed by atoms with Crippen LogP contribution in [0, 0.1) is 0 Å². The molecule has 14 heavy (non-hydrogen) atoms. The first-order valence-corrected chi connectivity index (χ1v) is 4.04. The molecule has 1 aromatic rings. The van der Waals surface area contributed by atoms with Gasteiger partial charge in [0.2, 0.25) is 0 Å². The first kappa shape index (κ1) is 11.3. The summed E-state index contributed by atoms with van der Waals surface area (Å²) in [5, 5.41) is -0.188. The number of hydrogen-bond acceptors (Lipinski definition) is 2. The Hall–Kier alpha value is -0.810. The molecule has 1 rings (SSSR count). The Morgan fingerprint density at radius 2 is 2.07 bits per heavy atom. The van der Waals surface area contributed by atoms with Crippen LogP contribution in [0.25, 0.3) is 0 Å². The largest absolute Gasteiger partial charge is 0.433 e. The van der Waals surface area contributed by atoms with Gasteiger partial charge in [-0.3, -0.25) is 0 Å². The molecular weight excluding hydrogens is 219 g/mol. The van der Waals surface area contributed by atoms with Crippen LogP contribution in [0.2, 0.25) is 5.15 Å². The zero-order chi connectivity index (χ0) is 10.8. The second kappa shape index (κ2) is 4.14. The van der Waals surface area contributed by atoms with Gasteiger partial charge in [0.25, 0.3) is 0 Å². The molecule has 6 heteroatoms. The van der Waals surface area contributed by atoms with Gasteiger partial charge in [0.1, 0.15) is 10.8 Å². The van der Waals surface area contributed by atoms with E-state index in [0.29, 0.717) is 5.56 Å². The Morgan fingerprint density at radius 1 is 1.43 bits per heavy atom. The normalized spacial score (nSPS) is 11.8. The monoisotopic (exact) mass is 225 g/mol. The number of aromatic nitrogens is 1. The van der Waals surface area contributed by atoms with Gasteiger partial charge in [-0.1, -0.05) is 11.6 Å². The number of alkyl halides is 3.